The van der Waals surface area contributed by atoms with Crippen LogP contribution in [-0.4, -0.2) is 61.3 Å². The Morgan fingerprint density at radius 2 is 2.13 bits per heavy atom. The number of hydrogen-bond donors (Lipinski definition) is 1. The normalized spacial score (nSPS) is 19.5. The fourth-order valence-electron chi connectivity index (χ4n) is 2.63. The van der Waals surface area contributed by atoms with Crippen LogP contribution in [0.3, 0.4) is 0 Å². The highest BCUT2D eigenvalue weighted by Gasteiger charge is 2.35. The number of carboxylic acid groups (broad SMARTS) is 1. The predicted octanol–water partition coefficient (Wildman–Crippen LogP) is 1.00. The number of piperidine rings is 1. The van der Waals surface area contributed by atoms with E-state index in [-0.39, 0.29) is 23.2 Å². The van der Waals surface area contributed by atoms with Crippen LogP contribution >= 0.6 is 11.3 Å². The van der Waals surface area contributed by atoms with E-state index in [4.69, 9.17) is 5.11 Å². The van der Waals surface area contributed by atoms with Crippen molar-refractivity contribution in [2.24, 2.45) is 5.92 Å². The molecule has 1 aromatic rings. The molecule has 1 fully saturated rings. The third-order valence-corrected chi connectivity index (χ3v) is 7.13. The van der Waals surface area contributed by atoms with Crippen molar-refractivity contribution in [1.29, 1.82) is 0 Å². The Bertz CT molecular complexity index is 698. The molecule has 0 radical (unpaired) electrons. The molecule has 1 atom stereocenters. The first-order chi connectivity index (χ1) is 10.7. The van der Waals surface area contributed by atoms with Crippen molar-refractivity contribution in [1.82, 2.24) is 9.21 Å². The third kappa shape index (κ3) is 4.10. The summed E-state index contributed by atoms with van der Waals surface area (Å²) in [4.78, 5) is 25.0. The summed E-state index contributed by atoms with van der Waals surface area (Å²) in [5, 5.41) is 8.76. The van der Waals surface area contributed by atoms with Gasteiger partial charge in [0.25, 0.3) is 10.0 Å². The fourth-order valence-corrected chi connectivity index (χ4v) is 5.59. The van der Waals surface area contributed by atoms with Gasteiger partial charge in [0.1, 0.15) is 10.8 Å². The number of sulfonamides is 1. The SMILES string of the molecule is Cc1ccc(S(=O)(=O)N2CCCC(C(=O)N(C)CC(=O)O)C2)s1. The quantitative estimate of drug-likeness (QED) is 0.845. The number of carbonyl (C=O) groups is 2. The lowest BCUT2D eigenvalue weighted by Crippen LogP contribution is -2.46. The second-order valence-corrected chi connectivity index (χ2v) is 9.11. The van der Waals surface area contributed by atoms with Gasteiger partial charge < -0.3 is 10.0 Å². The van der Waals surface area contributed by atoms with Crippen LogP contribution in [0.2, 0.25) is 0 Å². The van der Waals surface area contributed by atoms with Gasteiger partial charge in [-0.3, -0.25) is 9.59 Å². The van der Waals surface area contributed by atoms with Gasteiger partial charge in [-0.25, -0.2) is 8.42 Å². The molecule has 2 rings (SSSR count). The van der Waals surface area contributed by atoms with Crippen LogP contribution in [0.15, 0.2) is 16.3 Å². The minimum atomic E-state index is -3.59. The van der Waals surface area contributed by atoms with Crippen molar-refractivity contribution in [3.63, 3.8) is 0 Å². The highest BCUT2D eigenvalue weighted by Crippen LogP contribution is 2.28. The molecule has 1 N–H and O–H groups in total. The molecular formula is C14H20N2O5S2. The first-order valence-electron chi connectivity index (χ1n) is 7.25. The van der Waals surface area contributed by atoms with Crippen LogP contribution in [0.25, 0.3) is 0 Å². The highest BCUT2D eigenvalue weighted by atomic mass is 32.2. The summed E-state index contributed by atoms with van der Waals surface area (Å²) in [6, 6.07) is 3.34. The summed E-state index contributed by atoms with van der Waals surface area (Å²) in [7, 11) is -2.17. The molecule has 1 aliphatic heterocycles. The van der Waals surface area contributed by atoms with Crippen LogP contribution in [0.5, 0.6) is 0 Å². The molecule has 128 valence electrons. The minimum absolute atomic E-state index is 0.0993. The van der Waals surface area contributed by atoms with Crippen molar-refractivity contribution in [2.75, 3.05) is 26.7 Å². The Balaban J connectivity index is 2.11. The van der Waals surface area contributed by atoms with Crippen molar-refractivity contribution in [3.8, 4) is 0 Å². The first kappa shape index (κ1) is 17.9. The summed E-state index contributed by atoms with van der Waals surface area (Å²) >= 11 is 1.21. The molecule has 23 heavy (non-hydrogen) atoms. The van der Waals surface area contributed by atoms with Crippen LogP contribution in [0.1, 0.15) is 17.7 Å². The van der Waals surface area contributed by atoms with Crippen molar-refractivity contribution in [3.05, 3.63) is 17.0 Å². The van der Waals surface area contributed by atoms with Gasteiger partial charge in [-0.1, -0.05) is 0 Å². The maximum Gasteiger partial charge on any atom is 0.323 e. The number of aryl methyl sites for hydroxylation is 1. The fraction of sp³-hybridized carbons (Fsp3) is 0.571. The van der Waals surface area contributed by atoms with E-state index in [0.29, 0.717) is 19.4 Å². The molecule has 0 aliphatic carbocycles. The second-order valence-electron chi connectivity index (χ2n) is 5.66. The Morgan fingerprint density at radius 3 is 2.70 bits per heavy atom. The average molecular weight is 360 g/mol. The molecule has 1 saturated heterocycles. The lowest BCUT2D eigenvalue weighted by atomic mass is 9.98. The first-order valence-corrected chi connectivity index (χ1v) is 9.51. The van der Waals surface area contributed by atoms with E-state index >= 15 is 0 Å². The number of rotatable bonds is 5. The molecule has 0 aromatic carbocycles. The van der Waals surface area contributed by atoms with Gasteiger partial charge in [0.15, 0.2) is 0 Å². The molecule has 2 heterocycles. The van der Waals surface area contributed by atoms with Crippen molar-refractivity contribution in [2.45, 2.75) is 24.0 Å². The Kier molecular flexibility index (Phi) is 5.43. The summed E-state index contributed by atoms with van der Waals surface area (Å²) in [6.07, 6.45) is 1.15. The van der Waals surface area contributed by atoms with E-state index < -0.39 is 21.9 Å². The lowest BCUT2D eigenvalue weighted by Gasteiger charge is -2.32. The van der Waals surface area contributed by atoms with Crippen molar-refractivity contribution < 1.29 is 23.1 Å². The molecule has 1 amide bonds. The number of carboxylic acids is 1. The monoisotopic (exact) mass is 360 g/mol. The standard InChI is InChI=1S/C14H20N2O5S2/c1-10-5-6-13(22-10)23(20,21)16-7-3-4-11(8-16)14(19)15(2)9-12(17)18/h5-6,11H,3-4,7-9H2,1-2H3,(H,17,18). The van der Waals surface area contributed by atoms with E-state index in [2.05, 4.69) is 0 Å². The zero-order valence-corrected chi connectivity index (χ0v) is 14.7. The van der Waals surface area contributed by atoms with Gasteiger partial charge in [-0.15, -0.1) is 11.3 Å². The van der Waals surface area contributed by atoms with Gasteiger partial charge in [0, 0.05) is 25.0 Å². The largest absolute Gasteiger partial charge is 0.480 e. The van der Waals surface area contributed by atoms with Gasteiger partial charge in [0.05, 0.1) is 5.92 Å². The molecule has 0 saturated carbocycles. The Hall–Kier alpha value is -1.45. The molecule has 1 aliphatic rings. The summed E-state index contributed by atoms with van der Waals surface area (Å²) < 4.78 is 26.9. The summed E-state index contributed by atoms with van der Waals surface area (Å²) in [6.45, 7) is 1.94. The molecule has 7 nitrogen and oxygen atoms in total. The van der Waals surface area contributed by atoms with Crippen LogP contribution in [0.4, 0.5) is 0 Å². The minimum Gasteiger partial charge on any atom is -0.480 e. The van der Waals surface area contributed by atoms with Gasteiger partial charge in [0.2, 0.25) is 5.91 Å². The number of aliphatic carboxylic acids is 1. The lowest BCUT2D eigenvalue weighted by molar-refractivity contribution is -0.145. The zero-order chi connectivity index (χ0) is 17.2. The number of thiophene rings is 1. The molecular weight excluding hydrogens is 340 g/mol. The number of hydrogen-bond acceptors (Lipinski definition) is 5. The highest BCUT2D eigenvalue weighted by molar-refractivity contribution is 7.91. The molecule has 0 bridgehead atoms. The van der Waals surface area contributed by atoms with Crippen LogP contribution in [0, 0.1) is 12.8 Å². The van der Waals surface area contributed by atoms with E-state index in [0.717, 1.165) is 9.78 Å². The average Bonchev–Trinajstić information content (AvgIpc) is 2.93. The van der Waals surface area contributed by atoms with Gasteiger partial charge >= 0.3 is 5.97 Å². The van der Waals surface area contributed by atoms with Gasteiger partial charge in [-0.05, 0) is 31.9 Å². The maximum absolute atomic E-state index is 12.6. The van der Waals surface area contributed by atoms with E-state index in [1.807, 2.05) is 6.92 Å². The number of carbonyl (C=O) groups excluding carboxylic acids is 1. The Labute approximate surface area is 139 Å². The summed E-state index contributed by atoms with van der Waals surface area (Å²) in [5.74, 6) is -1.91. The number of amides is 1. The maximum atomic E-state index is 12.6. The summed E-state index contributed by atoms with van der Waals surface area (Å²) in [5.41, 5.74) is 0. The molecule has 9 heteroatoms. The van der Waals surface area contributed by atoms with Crippen molar-refractivity contribution >= 4 is 33.2 Å². The van der Waals surface area contributed by atoms with Crippen LogP contribution in [-0.2, 0) is 19.6 Å². The third-order valence-electron chi connectivity index (χ3n) is 3.79. The van der Waals surface area contributed by atoms with E-state index in [1.54, 1.807) is 12.1 Å². The predicted molar refractivity (Wildman–Crippen MR) is 85.8 cm³/mol. The van der Waals surface area contributed by atoms with Gasteiger partial charge in [-0.2, -0.15) is 4.31 Å². The van der Waals surface area contributed by atoms with E-state index in [9.17, 15) is 18.0 Å². The zero-order valence-electron chi connectivity index (χ0n) is 13.1. The smallest absolute Gasteiger partial charge is 0.323 e. The van der Waals surface area contributed by atoms with E-state index in [1.165, 1.54) is 22.7 Å². The second kappa shape index (κ2) is 6.98. The number of nitrogens with zero attached hydrogens (tertiary/aromatic N) is 2. The van der Waals surface area contributed by atoms with Crippen LogP contribution < -0.4 is 0 Å². The topological polar surface area (TPSA) is 95.0 Å². The molecule has 1 aromatic heterocycles. The Morgan fingerprint density at radius 1 is 1.43 bits per heavy atom. The number of likely N-dealkylation sites (N-methyl/N-ethyl adjacent to an activating group) is 1. The molecule has 0 spiro atoms. The molecule has 1 unspecified atom stereocenters.